The molecule has 3 aromatic rings. The van der Waals surface area contributed by atoms with Gasteiger partial charge in [-0.2, -0.15) is 0 Å². The van der Waals surface area contributed by atoms with Crippen LogP contribution in [-0.4, -0.2) is 23.5 Å². The number of phenols is 1. The van der Waals surface area contributed by atoms with Crippen LogP contribution in [0.2, 0.25) is 0 Å². The molecule has 6 heteroatoms. The lowest BCUT2D eigenvalue weighted by atomic mass is 9.91. The predicted molar refractivity (Wildman–Crippen MR) is 128 cm³/mol. The molecule has 6 nitrogen and oxygen atoms in total. The number of benzene rings is 3. The van der Waals surface area contributed by atoms with Gasteiger partial charge in [-0.05, 0) is 52.8 Å². The third-order valence-corrected chi connectivity index (χ3v) is 5.32. The first-order chi connectivity index (χ1) is 15.9. The molecule has 3 rings (SSSR count). The monoisotopic (exact) mass is 446 g/mol. The van der Waals surface area contributed by atoms with Crippen molar-refractivity contribution < 1.29 is 19.4 Å². The molecule has 0 fully saturated rings. The molecule has 172 valence electrons. The van der Waals surface area contributed by atoms with Crippen LogP contribution in [0.4, 0.5) is 0 Å². The maximum absolute atomic E-state index is 12.9. The molecule has 0 aliphatic heterocycles. The van der Waals surface area contributed by atoms with E-state index in [0.717, 1.165) is 12.0 Å². The summed E-state index contributed by atoms with van der Waals surface area (Å²) in [6, 6.07) is 20.1. The van der Waals surface area contributed by atoms with Gasteiger partial charge in [-0.15, -0.1) is 0 Å². The minimum Gasteiger partial charge on any atom is -0.508 e. The summed E-state index contributed by atoms with van der Waals surface area (Å²) in [7, 11) is 0. The Morgan fingerprint density at radius 2 is 1.67 bits per heavy atom. The van der Waals surface area contributed by atoms with Crippen molar-refractivity contribution in [2.75, 3.05) is 6.54 Å². The van der Waals surface area contributed by atoms with Gasteiger partial charge in [0.1, 0.15) is 18.4 Å². The summed E-state index contributed by atoms with van der Waals surface area (Å²) in [4.78, 5) is 25.6. The highest BCUT2D eigenvalue weighted by Crippen LogP contribution is 2.32. The highest BCUT2D eigenvalue weighted by Gasteiger charge is 2.23. The summed E-state index contributed by atoms with van der Waals surface area (Å²) < 4.78 is 5.42. The van der Waals surface area contributed by atoms with Crippen molar-refractivity contribution in [1.29, 1.82) is 0 Å². The van der Waals surface area contributed by atoms with Crippen LogP contribution in [-0.2, 0) is 16.1 Å². The van der Waals surface area contributed by atoms with E-state index in [0.29, 0.717) is 34.7 Å². The van der Waals surface area contributed by atoms with Gasteiger partial charge in [0.05, 0.1) is 5.56 Å². The first-order valence-corrected chi connectivity index (χ1v) is 11.0. The molecule has 0 aliphatic carbocycles. The fourth-order valence-electron chi connectivity index (χ4n) is 3.48. The highest BCUT2D eigenvalue weighted by molar-refractivity contribution is 6.02. The standard InChI is InChI=1S/C27H30N2O4/c1-18(2)14-15-29-26(31)24-16-20(30)12-13-22(24)21-10-6-7-11-23(21)25(28)27(32)33-17-19-8-4-3-5-9-19/h3-13,16,18,25,30H,14-15,17,28H2,1-2H3,(H,29,31). The van der Waals surface area contributed by atoms with Crippen LogP contribution in [0.25, 0.3) is 11.1 Å². The van der Waals surface area contributed by atoms with Crippen molar-refractivity contribution in [3.8, 4) is 16.9 Å². The second-order valence-electron chi connectivity index (χ2n) is 8.33. The van der Waals surface area contributed by atoms with E-state index in [9.17, 15) is 14.7 Å². The van der Waals surface area contributed by atoms with Crippen molar-refractivity contribution >= 4 is 11.9 Å². The number of ether oxygens (including phenoxy) is 1. The third kappa shape index (κ3) is 6.43. The maximum atomic E-state index is 12.9. The lowest BCUT2D eigenvalue weighted by molar-refractivity contribution is -0.146. The van der Waals surface area contributed by atoms with Crippen LogP contribution >= 0.6 is 0 Å². The van der Waals surface area contributed by atoms with Crippen LogP contribution in [0.5, 0.6) is 5.75 Å². The molecule has 0 heterocycles. The van der Waals surface area contributed by atoms with Crippen LogP contribution in [0, 0.1) is 5.92 Å². The van der Waals surface area contributed by atoms with Crippen LogP contribution in [0.1, 0.15) is 47.8 Å². The maximum Gasteiger partial charge on any atom is 0.327 e. The Balaban J connectivity index is 1.86. The molecule has 33 heavy (non-hydrogen) atoms. The highest BCUT2D eigenvalue weighted by atomic mass is 16.5. The van der Waals surface area contributed by atoms with E-state index >= 15 is 0 Å². The molecular formula is C27H30N2O4. The number of carbonyl (C=O) groups excluding carboxylic acids is 2. The van der Waals surface area contributed by atoms with Gasteiger partial charge < -0.3 is 20.9 Å². The number of nitrogens with two attached hydrogens (primary N) is 1. The molecule has 0 spiro atoms. The molecule has 0 aromatic heterocycles. The van der Waals surface area contributed by atoms with Gasteiger partial charge in [0.2, 0.25) is 0 Å². The van der Waals surface area contributed by atoms with Crippen LogP contribution in [0.3, 0.4) is 0 Å². The van der Waals surface area contributed by atoms with Crippen molar-refractivity contribution in [3.05, 3.63) is 89.5 Å². The second-order valence-corrected chi connectivity index (χ2v) is 8.33. The van der Waals surface area contributed by atoms with Crippen molar-refractivity contribution in [1.82, 2.24) is 5.32 Å². The van der Waals surface area contributed by atoms with Crippen LogP contribution < -0.4 is 11.1 Å². The summed E-state index contributed by atoms with van der Waals surface area (Å²) in [5.74, 6) is -0.420. The van der Waals surface area contributed by atoms with Gasteiger partial charge in [0.15, 0.2) is 0 Å². The Morgan fingerprint density at radius 3 is 2.39 bits per heavy atom. The summed E-state index contributed by atoms with van der Waals surface area (Å²) in [6.07, 6.45) is 0.842. The van der Waals surface area contributed by atoms with E-state index in [1.54, 1.807) is 24.3 Å². The first kappa shape index (κ1) is 24.0. The average molecular weight is 447 g/mol. The molecule has 0 saturated heterocycles. The molecule has 0 radical (unpaired) electrons. The molecular weight excluding hydrogens is 416 g/mol. The normalized spacial score (nSPS) is 11.8. The van der Waals surface area contributed by atoms with Gasteiger partial charge in [0.25, 0.3) is 5.91 Å². The minimum absolute atomic E-state index is 0.0168. The molecule has 4 N–H and O–H groups in total. The van der Waals surface area contributed by atoms with Gasteiger partial charge in [-0.3, -0.25) is 4.79 Å². The molecule has 1 atom stereocenters. The number of aromatic hydroxyl groups is 1. The lowest BCUT2D eigenvalue weighted by Crippen LogP contribution is -2.26. The fourth-order valence-corrected chi connectivity index (χ4v) is 3.48. The Labute approximate surface area is 194 Å². The van der Waals surface area contributed by atoms with E-state index < -0.39 is 12.0 Å². The average Bonchev–Trinajstić information content (AvgIpc) is 2.82. The molecule has 1 unspecified atom stereocenters. The summed E-state index contributed by atoms with van der Waals surface area (Å²) in [5.41, 5.74) is 9.22. The van der Waals surface area contributed by atoms with E-state index in [1.807, 2.05) is 36.4 Å². The number of phenolic OH excluding ortho intramolecular Hbond substituents is 1. The number of nitrogens with one attached hydrogen (secondary N) is 1. The number of carbonyl (C=O) groups is 2. The molecule has 0 aliphatic rings. The zero-order chi connectivity index (χ0) is 23.8. The van der Waals surface area contributed by atoms with Gasteiger partial charge in [-0.25, -0.2) is 4.79 Å². The Hall–Kier alpha value is -3.64. The van der Waals surface area contributed by atoms with Crippen molar-refractivity contribution in [2.24, 2.45) is 11.7 Å². The Bertz CT molecular complexity index is 1100. The second kappa shape index (κ2) is 11.3. The van der Waals surface area contributed by atoms with Crippen LogP contribution in [0.15, 0.2) is 72.8 Å². The van der Waals surface area contributed by atoms with Gasteiger partial charge in [-0.1, -0.05) is 68.4 Å². The van der Waals surface area contributed by atoms with Crippen molar-refractivity contribution in [2.45, 2.75) is 32.9 Å². The number of hydrogen-bond donors (Lipinski definition) is 3. The molecule has 1 amide bonds. The number of rotatable bonds is 9. The minimum atomic E-state index is -1.03. The smallest absolute Gasteiger partial charge is 0.327 e. The fraction of sp³-hybridized carbons (Fsp3) is 0.259. The quantitative estimate of drug-likeness (QED) is 0.418. The summed E-state index contributed by atoms with van der Waals surface area (Å²) in [5, 5.41) is 12.9. The topological polar surface area (TPSA) is 102 Å². The molecule has 0 bridgehead atoms. The van der Waals surface area contributed by atoms with E-state index in [1.165, 1.54) is 12.1 Å². The van der Waals surface area contributed by atoms with Crippen molar-refractivity contribution in [3.63, 3.8) is 0 Å². The predicted octanol–water partition coefficient (Wildman–Crippen LogP) is 4.58. The third-order valence-electron chi connectivity index (χ3n) is 5.32. The zero-order valence-electron chi connectivity index (χ0n) is 19.0. The Morgan fingerprint density at radius 1 is 0.970 bits per heavy atom. The first-order valence-electron chi connectivity index (χ1n) is 11.0. The lowest BCUT2D eigenvalue weighted by Gasteiger charge is -2.18. The number of esters is 1. The molecule has 0 saturated carbocycles. The SMILES string of the molecule is CC(C)CCNC(=O)c1cc(O)ccc1-c1ccccc1C(N)C(=O)OCc1ccccc1. The van der Waals surface area contributed by atoms with Gasteiger partial charge >= 0.3 is 5.97 Å². The summed E-state index contributed by atoms with van der Waals surface area (Å²) in [6.45, 7) is 4.82. The Kier molecular flexibility index (Phi) is 8.22. The zero-order valence-corrected chi connectivity index (χ0v) is 19.0. The van der Waals surface area contributed by atoms with E-state index in [2.05, 4.69) is 19.2 Å². The van der Waals surface area contributed by atoms with Gasteiger partial charge in [0, 0.05) is 6.54 Å². The number of amides is 1. The summed E-state index contributed by atoms with van der Waals surface area (Å²) >= 11 is 0. The van der Waals surface area contributed by atoms with E-state index in [-0.39, 0.29) is 18.3 Å². The molecule has 3 aromatic carbocycles. The number of hydrogen-bond acceptors (Lipinski definition) is 5. The largest absolute Gasteiger partial charge is 0.508 e. The van der Waals surface area contributed by atoms with E-state index in [4.69, 9.17) is 10.5 Å².